The van der Waals surface area contributed by atoms with Crippen molar-refractivity contribution in [1.29, 1.82) is 0 Å². The zero-order chi connectivity index (χ0) is 19.3. The van der Waals surface area contributed by atoms with Gasteiger partial charge in [-0.15, -0.1) is 0 Å². The van der Waals surface area contributed by atoms with Gasteiger partial charge in [-0.1, -0.05) is 13.0 Å². The molecule has 7 nitrogen and oxygen atoms in total. The van der Waals surface area contributed by atoms with Crippen molar-refractivity contribution >= 4 is 21.6 Å². The van der Waals surface area contributed by atoms with Crippen LogP contribution in [0.4, 0.5) is 5.69 Å². The number of nitrogens with two attached hydrogens (primary N) is 1. The summed E-state index contributed by atoms with van der Waals surface area (Å²) >= 11 is 0. The molecule has 3 N–H and O–H groups in total. The third-order valence-electron chi connectivity index (χ3n) is 3.74. The Morgan fingerprint density at radius 1 is 1.12 bits per heavy atom. The zero-order valence-electron chi connectivity index (χ0n) is 14.9. The minimum Gasteiger partial charge on any atom is -0.493 e. The number of carbonyl (C=O) groups is 1. The normalized spacial score (nSPS) is 11.1. The second kappa shape index (κ2) is 8.20. The summed E-state index contributed by atoms with van der Waals surface area (Å²) in [5.74, 6) is 0.567. The van der Waals surface area contributed by atoms with Gasteiger partial charge in [0, 0.05) is 11.3 Å². The van der Waals surface area contributed by atoms with Crippen LogP contribution in [0.3, 0.4) is 0 Å². The zero-order valence-corrected chi connectivity index (χ0v) is 15.7. The fourth-order valence-electron chi connectivity index (χ4n) is 2.48. The molecule has 0 aliphatic carbocycles. The summed E-state index contributed by atoms with van der Waals surface area (Å²) in [7, 11) is -2.39. The maximum Gasteiger partial charge on any atom is 0.255 e. The first-order valence-corrected chi connectivity index (χ1v) is 9.62. The van der Waals surface area contributed by atoms with Gasteiger partial charge in [-0.2, -0.15) is 0 Å². The summed E-state index contributed by atoms with van der Waals surface area (Å²) in [5.41, 5.74) is 1.28. The predicted octanol–water partition coefficient (Wildman–Crippen LogP) is 2.56. The molecule has 0 bridgehead atoms. The molecule has 0 heterocycles. The van der Waals surface area contributed by atoms with E-state index in [9.17, 15) is 13.2 Å². The van der Waals surface area contributed by atoms with Crippen LogP contribution < -0.4 is 19.9 Å². The van der Waals surface area contributed by atoms with E-state index in [4.69, 9.17) is 14.6 Å². The van der Waals surface area contributed by atoms with Crippen LogP contribution >= 0.6 is 0 Å². The van der Waals surface area contributed by atoms with E-state index in [1.165, 1.54) is 13.2 Å². The van der Waals surface area contributed by atoms with Gasteiger partial charge in [0.25, 0.3) is 5.91 Å². The molecule has 0 fully saturated rings. The Balaban J connectivity index is 2.30. The van der Waals surface area contributed by atoms with Gasteiger partial charge in [0.2, 0.25) is 10.0 Å². The van der Waals surface area contributed by atoms with E-state index in [1.54, 1.807) is 30.3 Å². The van der Waals surface area contributed by atoms with Gasteiger partial charge < -0.3 is 14.8 Å². The smallest absolute Gasteiger partial charge is 0.255 e. The summed E-state index contributed by atoms with van der Waals surface area (Å²) in [6.45, 7) is 4.15. The fourth-order valence-corrected chi connectivity index (χ4v) is 3.35. The lowest BCUT2D eigenvalue weighted by Crippen LogP contribution is -2.16. The van der Waals surface area contributed by atoms with Gasteiger partial charge in [-0.25, -0.2) is 13.6 Å². The quantitative estimate of drug-likeness (QED) is 0.770. The highest BCUT2D eigenvalue weighted by molar-refractivity contribution is 7.89. The number of anilines is 1. The van der Waals surface area contributed by atoms with Gasteiger partial charge in [-0.05, 0) is 49.2 Å². The van der Waals surface area contributed by atoms with Crippen LogP contribution in [-0.2, 0) is 16.4 Å². The van der Waals surface area contributed by atoms with Crippen LogP contribution in [0.1, 0.15) is 29.8 Å². The number of ether oxygens (including phenoxy) is 2. The molecular weight excluding hydrogens is 356 g/mol. The maximum absolute atomic E-state index is 12.5. The average Bonchev–Trinajstić information content (AvgIpc) is 2.61. The van der Waals surface area contributed by atoms with Crippen LogP contribution in [0.5, 0.6) is 11.5 Å². The maximum atomic E-state index is 12.5. The number of methoxy groups -OCH3 is 1. The number of sulfonamides is 1. The third kappa shape index (κ3) is 4.53. The molecule has 1 amide bonds. The lowest BCUT2D eigenvalue weighted by Gasteiger charge is -2.12. The molecular formula is C18H22N2O5S. The third-order valence-corrected chi connectivity index (χ3v) is 4.73. The summed E-state index contributed by atoms with van der Waals surface area (Å²) in [6.07, 6.45) is 0.510. The number of benzene rings is 2. The molecule has 2 aromatic carbocycles. The Morgan fingerprint density at radius 3 is 2.42 bits per heavy atom. The molecule has 0 atom stereocenters. The fraction of sp³-hybridized carbons (Fsp3) is 0.278. The minimum atomic E-state index is -3.88. The van der Waals surface area contributed by atoms with Crippen molar-refractivity contribution in [2.24, 2.45) is 5.14 Å². The number of primary sulfonamides is 1. The van der Waals surface area contributed by atoms with Gasteiger partial charge >= 0.3 is 0 Å². The number of rotatable bonds is 7. The van der Waals surface area contributed by atoms with E-state index in [-0.39, 0.29) is 4.90 Å². The summed E-state index contributed by atoms with van der Waals surface area (Å²) < 4.78 is 34.1. The van der Waals surface area contributed by atoms with Gasteiger partial charge in [0.1, 0.15) is 0 Å². The molecule has 0 unspecified atom stereocenters. The van der Waals surface area contributed by atoms with E-state index in [2.05, 4.69) is 5.32 Å². The van der Waals surface area contributed by atoms with E-state index in [1.807, 2.05) is 13.8 Å². The molecule has 0 aromatic heterocycles. The summed E-state index contributed by atoms with van der Waals surface area (Å²) in [4.78, 5) is 12.5. The van der Waals surface area contributed by atoms with Crippen LogP contribution in [-0.4, -0.2) is 28.0 Å². The lowest BCUT2D eigenvalue weighted by atomic mass is 10.1. The molecule has 26 heavy (non-hydrogen) atoms. The van der Waals surface area contributed by atoms with Crippen molar-refractivity contribution in [3.63, 3.8) is 0 Å². The highest BCUT2D eigenvalue weighted by Crippen LogP contribution is 2.28. The number of nitrogens with one attached hydrogen (secondary N) is 1. The van der Waals surface area contributed by atoms with Crippen molar-refractivity contribution in [3.05, 3.63) is 47.5 Å². The van der Waals surface area contributed by atoms with E-state index < -0.39 is 15.9 Å². The molecule has 0 radical (unpaired) electrons. The molecule has 0 saturated carbocycles. The summed E-state index contributed by atoms with van der Waals surface area (Å²) in [5, 5.41) is 7.93. The average molecular weight is 378 g/mol. The molecule has 0 saturated heterocycles. The van der Waals surface area contributed by atoms with Gasteiger partial charge in [0.05, 0.1) is 18.6 Å². The predicted molar refractivity (Wildman–Crippen MR) is 99.3 cm³/mol. The van der Waals surface area contributed by atoms with E-state index in [0.29, 0.717) is 41.3 Å². The van der Waals surface area contributed by atoms with E-state index in [0.717, 1.165) is 0 Å². The number of carbonyl (C=O) groups excluding carboxylic acids is 1. The monoisotopic (exact) mass is 378 g/mol. The second-order valence-corrected chi connectivity index (χ2v) is 7.00. The lowest BCUT2D eigenvalue weighted by molar-refractivity contribution is 0.102. The van der Waals surface area contributed by atoms with Crippen molar-refractivity contribution < 1.29 is 22.7 Å². The highest BCUT2D eigenvalue weighted by atomic mass is 32.2. The number of hydrogen-bond donors (Lipinski definition) is 2. The van der Waals surface area contributed by atoms with Crippen molar-refractivity contribution in [3.8, 4) is 11.5 Å². The van der Waals surface area contributed by atoms with Crippen molar-refractivity contribution in [1.82, 2.24) is 0 Å². The Morgan fingerprint density at radius 2 is 1.85 bits per heavy atom. The molecule has 2 aromatic rings. The SMILES string of the molecule is CCOc1ccc(C(=O)Nc2ccc(CC)c(S(N)(=O)=O)c2)cc1OC. The molecule has 0 aliphatic rings. The first-order valence-electron chi connectivity index (χ1n) is 8.08. The standard InChI is InChI=1S/C18H22N2O5S/c1-4-12-6-8-14(11-17(12)26(19,22)23)20-18(21)13-7-9-15(25-5-2)16(10-13)24-3/h6-11H,4-5H2,1-3H3,(H,20,21)(H2,19,22,23). The molecule has 0 aliphatic heterocycles. The Labute approximate surface area is 153 Å². The number of amides is 1. The first-order chi connectivity index (χ1) is 12.3. The first kappa shape index (κ1) is 19.7. The highest BCUT2D eigenvalue weighted by Gasteiger charge is 2.16. The van der Waals surface area contributed by atoms with Crippen LogP contribution in [0, 0.1) is 0 Å². The largest absolute Gasteiger partial charge is 0.493 e. The molecule has 2 rings (SSSR count). The molecule has 8 heteroatoms. The Kier molecular flexibility index (Phi) is 6.23. The van der Waals surface area contributed by atoms with Crippen LogP contribution in [0.2, 0.25) is 0 Å². The number of aryl methyl sites for hydroxylation is 1. The second-order valence-electron chi connectivity index (χ2n) is 5.47. The van der Waals surface area contributed by atoms with Gasteiger partial charge in [0.15, 0.2) is 11.5 Å². The Hall–Kier alpha value is -2.58. The van der Waals surface area contributed by atoms with Crippen LogP contribution in [0.25, 0.3) is 0 Å². The van der Waals surface area contributed by atoms with Gasteiger partial charge in [-0.3, -0.25) is 4.79 Å². The van der Waals surface area contributed by atoms with Crippen molar-refractivity contribution in [2.75, 3.05) is 19.0 Å². The Bertz CT molecular complexity index is 910. The molecule has 0 spiro atoms. The van der Waals surface area contributed by atoms with E-state index >= 15 is 0 Å². The van der Waals surface area contributed by atoms with Crippen molar-refractivity contribution in [2.45, 2.75) is 25.2 Å². The topological polar surface area (TPSA) is 108 Å². The minimum absolute atomic E-state index is 0.00192. The van der Waals surface area contributed by atoms with Crippen LogP contribution in [0.15, 0.2) is 41.3 Å². The number of hydrogen-bond acceptors (Lipinski definition) is 5. The summed E-state index contributed by atoms with van der Waals surface area (Å²) in [6, 6.07) is 9.43. The molecule has 140 valence electrons.